The van der Waals surface area contributed by atoms with Gasteiger partial charge < -0.3 is 14.3 Å². The summed E-state index contributed by atoms with van der Waals surface area (Å²) in [5.74, 6) is 1.30. The maximum Gasteiger partial charge on any atom is 0.161 e. The van der Waals surface area contributed by atoms with Crippen molar-refractivity contribution in [1.82, 2.24) is 0 Å². The Morgan fingerprint density at radius 3 is 2.06 bits per heavy atom. The van der Waals surface area contributed by atoms with E-state index >= 15 is 0 Å². The van der Waals surface area contributed by atoms with Gasteiger partial charge >= 0.3 is 0 Å². The summed E-state index contributed by atoms with van der Waals surface area (Å²) in [5.41, 5.74) is 1.76. The van der Waals surface area contributed by atoms with Crippen molar-refractivity contribution in [3.8, 4) is 11.5 Å². The molecule has 0 saturated heterocycles. The molecule has 0 atom stereocenters. The van der Waals surface area contributed by atoms with Gasteiger partial charge in [-0.15, -0.1) is 0 Å². The van der Waals surface area contributed by atoms with Crippen LogP contribution < -0.4 is 9.47 Å². The lowest BCUT2D eigenvalue weighted by molar-refractivity contribution is 0.215. The normalized spacial score (nSPS) is 10.2. The van der Waals surface area contributed by atoms with Crippen molar-refractivity contribution < 1.29 is 14.3 Å². The maximum atomic E-state index is 5.19. The Labute approximate surface area is 95.1 Å². The summed E-state index contributed by atoms with van der Waals surface area (Å²) >= 11 is 0. The van der Waals surface area contributed by atoms with Crippen LogP contribution in [0.1, 0.15) is 11.1 Å². The van der Waals surface area contributed by atoms with Crippen molar-refractivity contribution in [2.24, 2.45) is 5.16 Å². The lowest BCUT2D eigenvalue weighted by Gasteiger charge is -2.10. The van der Waals surface area contributed by atoms with Crippen LogP contribution in [0.15, 0.2) is 23.9 Å². The molecule has 0 aromatic heterocycles. The van der Waals surface area contributed by atoms with E-state index in [1.807, 2.05) is 12.1 Å². The summed E-state index contributed by atoms with van der Waals surface area (Å²) in [4.78, 5) is 4.64. The van der Waals surface area contributed by atoms with Crippen LogP contribution in [0.4, 0.5) is 0 Å². The van der Waals surface area contributed by atoms with Gasteiger partial charge in [0.25, 0.3) is 0 Å². The largest absolute Gasteiger partial charge is 0.493 e. The summed E-state index contributed by atoms with van der Waals surface area (Å²) in [5, 5.41) is 3.71. The smallest absolute Gasteiger partial charge is 0.161 e. The molecule has 0 fully saturated rings. The van der Waals surface area contributed by atoms with Gasteiger partial charge in [-0.1, -0.05) is 17.8 Å². The number of methoxy groups -OCH3 is 2. The predicted octanol–water partition coefficient (Wildman–Crippen LogP) is 2.33. The molecule has 1 rings (SSSR count). The van der Waals surface area contributed by atoms with Crippen molar-refractivity contribution in [3.05, 3.63) is 29.8 Å². The van der Waals surface area contributed by atoms with Crippen LogP contribution >= 0.6 is 0 Å². The zero-order valence-corrected chi connectivity index (χ0v) is 9.69. The first kappa shape index (κ1) is 12.1. The van der Waals surface area contributed by atoms with Crippen molar-refractivity contribution in [3.63, 3.8) is 0 Å². The lowest BCUT2D eigenvalue weighted by atomic mass is 10.1. The van der Waals surface area contributed by atoms with Gasteiger partial charge in [0, 0.05) is 5.56 Å². The Morgan fingerprint density at radius 2 is 1.62 bits per heavy atom. The molecule has 1 aromatic rings. The highest BCUT2D eigenvalue weighted by Crippen LogP contribution is 2.30. The summed E-state index contributed by atoms with van der Waals surface area (Å²) in [6, 6.07) is 3.65. The summed E-state index contributed by atoms with van der Waals surface area (Å²) in [7, 11) is 4.67. The van der Waals surface area contributed by atoms with Crippen LogP contribution in [-0.2, 0) is 4.84 Å². The molecule has 0 aliphatic carbocycles. The van der Waals surface area contributed by atoms with Gasteiger partial charge in [-0.2, -0.15) is 0 Å². The average Bonchev–Trinajstić information content (AvgIpc) is 2.35. The van der Waals surface area contributed by atoms with E-state index in [2.05, 4.69) is 16.6 Å². The topological polar surface area (TPSA) is 40.0 Å². The molecule has 0 aliphatic heterocycles. The number of nitrogens with zero attached hydrogens (tertiary/aromatic N) is 1. The Morgan fingerprint density at radius 1 is 1.06 bits per heavy atom. The second-order valence-corrected chi connectivity index (χ2v) is 2.96. The predicted molar refractivity (Wildman–Crippen MR) is 64.2 cm³/mol. The molecule has 1 aromatic carbocycles. The van der Waals surface area contributed by atoms with Crippen molar-refractivity contribution >= 4 is 12.3 Å². The fourth-order valence-electron chi connectivity index (χ4n) is 1.31. The standard InChI is InChI=1S/C12H15NO3/c1-5-9-6-11(14-2)12(15-3)7-10(9)8-13-16-4/h5-8H,1H2,2-4H3/b13-8+. The minimum atomic E-state index is 0.644. The SMILES string of the molecule is C=Cc1cc(OC)c(OC)cc1/C=N/OC. The lowest BCUT2D eigenvalue weighted by Crippen LogP contribution is -1.95. The number of benzene rings is 1. The number of rotatable bonds is 5. The van der Waals surface area contributed by atoms with E-state index in [0.29, 0.717) is 11.5 Å². The van der Waals surface area contributed by atoms with Gasteiger partial charge in [0.05, 0.1) is 20.4 Å². The molecule has 0 N–H and O–H groups in total. The molecular formula is C12H15NO3. The first-order valence-corrected chi connectivity index (χ1v) is 4.71. The van der Waals surface area contributed by atoms with E-state index < -0.39 is 0 Å². The molecule has 0 radical (unpaired) electrons. The molecule has 0 bridgehead atoms. The fraction of sp³-hybridized carbons (Fsp3) is 0.250. The van der Waals surface area contributed by atoms with E-state index in [9.17, 15) is 0 Å². The number of ether oxygens (including phenoxy) is 2. The minimum Gasteiger partial charge on any atom is -0.493 e. The highest BCUT2D eigenvalue weighted by atomic mass is 16.6. The molecule has 86 valence electrons. The maximum absolute atomic E-state index is 5.19. The number of hydrogen-bond acceptors (Lipinski definition) is 4. The Bertz CT molecular complexity index is 399. The Kier molecular flexibility index (Phi) is 4.39. The quantitative estimate of drug-likeness (QED) is 0.566. The summed E-state index contributed by atoms with van der Waals surface area (Å²) in [6.45, 7) is 3.73. The molecule has 0 saturated carbocycles. The number of oxime groups is 1. The molecule has 16 heavy (non-hydrogen) atoms. The molecule has 0 spiro atoms. The van der Waals surface area contributed by atoms with E-state index in [-0.39, 0.29) is 0 Å². The summed E-state index contributed by atoms with van der Waals surface area (Å²) < 4.78 is 10.4. The molecule has 4 heteroatoms. The highest BCUT2D eigenvalue weighted by molar-refractivity contribution is 5.86. The van der Waals surface area contributed by atoms with E-state index in [1.54, 1.807) is 26.5 Å². The monoisotopic (exact) mass is 221 g/mol. The van der Waals surface area contributed by atoms with Crippen molar-refractivity contribution in [2.75, 3.05) is 21.3 Å². The molecule has 0 amide bonds. The van der Waals surface area contributed by atoms with Crippen LogP contribution in [0.3, 0.4) is 0 Å². The van der Waals surface area contributed by atoms with Gasteiger partial charge in [-0.25, -0.2) is 0 Å². The van der Waals surface area contributed by atoms with Gasteiger partial charge in [-0.3, -0.25) is 0 Å². The third-order valence-electron chi connectivity index (χ3n) is 2.11. The van der Waals surface area contributed by atoms with Gasteiger partial charge in [0.15, 0.2) is 11.5 Å². The van der Waals surface area contributed by atoms with Crippen molar-refractivity contribution in [2.45, 2.75) is 0 Å². The van der Waals surface area contributed by atoms with Gasteiger partial charge in [0.2, 0.25) is 0 Å². The van der Waals surface area contributed by atoms with Crippen LogP contribution in [0, 0.1) is 0 Å². The van der Waals surface area contributed by atoms with Gasteiger partial charge in [-0.05, 0) is 17.7 Å². The Hall–Kier alpha value is -1.97. The third-order valence-corrected chi connectivity index (χ3v) is 2.11. The molecule has 4 nitrogen and oxygen atoms in total. The van der Waals surface area contributed by atoms with E-state index in [4.69, 9.17) is 9.47 Å². The average molecular weight is 221 g/mol. The van der Waals surface area contributed by atoms with E-state index in [1.165, 1.54) is 7.11 Å². The first-order chi connectivity index (χ1) is 7.76. The first-order valence-electron chi connectivity index (χ1n) is 4.71. The molecule has 0 unspecified atom stereocenters. The second-order valence-electron chi connectivity index (χ2n) is 2.96. The van der Waals surface area contributed by atoms with Crippen LogP contribution in [0.25, 0.3) is 6.08 Å². The highest BCUT2D eigenvalue weighted by Gasteiger charge is 2.07. The van der Waals surface area contributed by atoms with Gasteiger partial charge in [0.1, 0.15) is 7.11 Å². The summed E-state index contributed by atoms with van der Waals surface area (Å²) in [6.07, 6.45) is 3.32. The molecule has 0 heterocycles. The molecular weight excluding hydrogens is 206 g/mol. The molecule has 0 aliphatic rings. The number of hydrogen-bond donors (Lipinski definition) is 0. The zero-order valence-electron chi connectivity index (χ0n) is 9.69. The van der Waals surface area contributed by atoms with Crippen LogP contribution in [-0.4, -0.2) is 27.5 Å². The van der Waals surface area contributed by atoms with Crippen LogP contribution in [0.5, 0.6) is 11.5 Å². The zero-order chi connectivity index (χ0) is 12.0. The van der Waals surface area contributed by atoms with E-state index in [0.717, 1.165) is 11.1 Å². The third kappa shape index (κ3) is 2.53. The van der Waals surface area contributed by atoms with Crippen LogP contribution in [0.2, 0.25) is 0 Å². The minimum absolute atomic E-state index is 0.644. The Balaban J connectivity index is 3.25. The fourth-order valence-corrected chi connectivity index (χ4v) is 1.31. The second kappa shape index (κ2) is 5.80. The van der Waals surface area contributed by atoms with Crippen molar-refractivity contribution in [1.29, 1.82) is 0 Å².